The predicted molar refractivity (Wildman–Crippen MR) is 84.5 cm³/mol. The van der Waals surface area contributed by atoms with Gasteiger partial charge in [-0.2, -0.15) is 0 Å². The topological polar surface area (TPSA) is 30.5 Å². The highest BCUT2D eigenvalue weighted by atomic mass is 16.5. The average Bonchev–Trinajstić information content (AvgIpc) is 2.37. The number of hydrogen-bond acceptors (Lipinski definition) is 3. The Hall–Kier alpha value is -1.22. The molecule has 0 radical (unpaired) electrons. The van der Waals surface area contributed by atoms with Crippen molar-refractivity contribution in [1.82, 2.24) is 5.32 Å². The minimum absolute atomic E-state index is 0.511. The first-order chi connectivity index (χ1) is 9.52. The van der Waals surface area contributed by atoms with Gasteiger partial charge in [-0.05, 0) is 43.0 Å². The lowest BCUT2D eigenvalue weighted by atomic mass is 10.1. The summed E-state index contributed by atoms with van der Waals surface area (Å²) < 4.78 is 11.5. The molecule has 1 aromatic rings. The highest BCUT2D eigenvalue weighted by molar-refractivity contribution is 5.43. The largest absolute Gasteiger partial charge is 0.490 e. The van der Waals surface area contributed by atoms with Crippen molar-refractivity contribution in [1.29, 1.82) is 0 Å². The van der Waals surface area contributed by atoms with Crippen LogP contribution in [0.4, 0.5) is 0 Å². The summed E-state index contributed by atoms with van der Waals surface area (Å²) in [5.74, 6) is 2.86. The molecule has 0 saturated heterocycles. The van der Waals surface area contributed by atoms with Crippen molar-refractivity contribution in [3.05, 3.63) is 23.8 Å². The molecule has 3 nitrogen and oxygen atoms in total. The lowest BCUT2D eigenvalue weighted by molar-refractivity contribution is 0.248. The average molecular weight is 279 g/mol. The van der Waals surface area contributed by atoms with E-state index in [0.29, 0.717) is 25.0 Å². The van der Waals surface area contributed by atoms with Crippen molar-refractivity contribution in [2.45, 2.75) is 41.2 Å². The minimum Gasteiger partial charge on any atom is -0.490 e. The molecule has 114 valence electrons. The molecule has 0 aliphatic rings. The summed E-state index contributed by atoms with van der Waals surface area (Å²) in [5, 5.41) is 3.44. The van der Waals surface area contributed by atoms with E-state index in [0.717, 1.165) is 24.6 Å². The van der Waals surface area contributed by atoms with Gasteiger partial charge in [0, 0.05) is 6.54 Å². The fourth-order valence-corrected chi connectivity index (χ4v) is 1.81. The number of hydrogen-bond donors (Lipinski definition) is 1. The van der Waals surface area contributed by atoms with Gasteiger partial charge in [0.2, 0.25) is 0 Å². The Morgan fingerprint density at radius 3 is 2.35 bits per heavy atom. The highest BCUT2D eigenvalue weighted by Gasteiger charge is 2.07. The van der Waals surface area contributed by atoms with Crippen molar-refractivity contribution in [3.63, 3.8) is 0 Å². The predicted octanol–water partition coefficient (Wildman–Crippen LogP) is 3.87. The standard InChI is InChI=1S/C17H29NO2/c1-6-19-17-9-15(11-18-10-13(2)3)7-8-16(17)20-12-14(4)5/h7-9,13-14,18H,6,10-12H2,1-5H3. The Labute approximate surface area is 123 Å². The van der Waals surface area contributed by atoms with E-state index in [9.17, 15) is 0 Å². The summed E-state index contributed by atoms with van der Waals surface area (Å²) in [7, 11) is 0. The third-order valence-corrected chi connectivity index (χ3v) is 2.76. The quantitative estimate of drug-likeness (QED) is 0.744. The Bertz CT molecular complexity index is 389. The van der Waals surface area contributed by atoms with Crippen LogP contribution in [0.1, 0.15) is 40.2 Å². The maximum atomic E-state index is 5.80. The first-order valence-corrected chi connectivity index (χ1v) is 7.62. The number of benzene rings is 1. The first kappa shape index (κ1) is 16.8. The van der Waals surface area contributed by atoms with Gasteiger partial charge in [0.1, 0.15) is 0 Å². The molecule has 0 aliphatic carbocycles. The van der Waals surface area contributed by atoms with E-state index in [1.165, 1.54) is 5.56 Å². The van der Waals surface area contributed by atoms with E-state index in [-0.39, 0.29) is 0 Å². The van der Waals surface area contributed by atoms with E-state index < -0.39 is 0 Å². The maximum Gasteiger partial charge on any atom is 0.161 e. The van der Waals surface area contributed by atoms with E-state index in [1.807, 2.05) is 13.0 Å². The fraction of sp³-hybridized carbons (Fsp3) is 0.647. The molecule has 0 bridgehead atoms. The zero-order valence-electron chi connectivity index (χ0n) is 13.5. The van der Waals surface area contributed by atoms with Gasteiger partial charge in [0.05, 0.1) is 13.2 Å². The SMILES string of the molecule is CCOc1cc(CNCC(C)C)ccc1OCC(C)C. The lowest BCUT2D eigenvalue weighted by Gasteiger charge is -2.15. The van der Waals surface area contributed by atoms with Crippen LogP contribution in [0.15, 0.2) is 18.2 Å². The van der Waals surface area contributed by atoms with Gasteiger partial charge in [-0.3, -0.25) is 0 Å². The molecule has 1 rings (SSSR count). The molecule has 3 heteroatoms. The summed E-state index contributed by atoms with van der Waals surface area (Å²) in [5.41, 5.74) is 1.23. The Morgan fingerprint density at radius 2 is 1.75 bits per heavy atom. The smallest absolute Gasteiger partial charge is 0.161 e. The zero-order valence-corrected chi connectivity index (χ0v) is 13.5. The first-order valence-electron chi connectivity index (χ1n) is 7.62. The van der Waals surface area contributed by atoms with Crippen LogP contribution in [0.5, 0.6) is 11.5 Å². The number of rotatable bonds is 9. The second-order valence-electron chi connectivity index (χ2n) is 5.94. The van der Waals surface area contributed by atoms with Crippen molar-refractivity contribution < 1.29 is 9.47 Å². The molecule has 0 unspecified atom stereocenters. The molecule has 0 atom stereocenters. The zero-order chi connectivity index (χ0) is 15.0. The van der Waals surface area contributed by atoms with Crippen LogP contribution < -0.4 is 14.8 Å². The lowest BCUT2D eigenvalue weighted by Crippen LogP contribution is -2.19. The highest BCUT2D eigenvalue weighted by Crippen LogP contribution is 2.29. The summed E-state index contributed by atoms with van der Waals surface area (Å²) in [6, 6.07) is 6.19. The van der Waals surface area contributed by atoms with Crippen LogP contribution in [-0.2, 0) is 6.54 Å². The molecule has 0 saturated carbocycles. The van der Waals surface area contributed by atoms with Gasteiger partial charge < -0.3 is 14.8 Å². The van der Waals surface area contributed by atoms with Gasteiger partial charge >= 0.3 is 0 Å². The van der Waals surface area contributed by atoms with Crippen LogP contribution in [-0.4, -0.2) is 19.8 Å². The molecule has 0 fully saturated rings. The Balaban J connectivity index is 2.67. The summed E-state index contributed by atoms with van der Waals surface area (Å²) in [6.07, 6.45) is 0. The molecule has 20 heavy (non-hydrogen) atoms. The van der Waals surface area contributed by atoms with Gasteiger partial charge in [0.25, 0.3) is 0 Å². The molecule has 1 aromatic carbocycles. The fourth-order valence-electron chi connectivity index (χ4n) is 1.81. The van der Waals surface area contributed by atoms with E-state index in [4.69, 9.17) is 9.47 Å². The third kappa shape index (κ3) is 6.29. The summed E-state index contributed by atoms with van der Waals surface area (Å²) in [6.45, 7) is 14.0. The molecule has 0 spiro atoms. The molecular weight excluding hydrogens is 250 g/mol. The van der Waals surface area contributed by atoms with Crippen molar-refractivity contribution >= 4 is 0 Å². The van der Waals surface area contributed by atoms with Gasteiger partial charge in [-0.1, -0.05) is 33.8 Å². The monoisotopic (exact) mass is 279 g/mol. The Kier molecular flexibility index (Phi) is 7.45. The van der Waals surface area contributed by atoms with Crippen molar-refractivity contribution in [2.24, 2.45) is 11.8 Å². The van der Waals surface area contributed by atoms with Gasteiger partial charge in [0.15, 0.2) is 11.5 Å². The summed E-state index contributed by atoms with van der Waals surface area (Å²) in [4.78, 5) is 0. The van der Waals surface area contributed by atoms with Gasteiger partial charge in [-0.25, -0.2) is 0 Å². The molecular formula is C17H29NO2. The molecule has 0 amide bonds. The van der Waals surface area contributed by atoms with Crippen LogP contribution in [0.3, 0.4) is 0 Å². The number of nitrogens with one attached hydrogen (secondary N) is 1. The third-order valence-electron chi connectivity index (χ3n) is 2.76. The normalized spacial score (nSPS) is 11.2. The van der Waals surface area contributed by atoms with Crippen LogP contribution in [0.2, 0.25) is 0 Å². The molecule has 1 N–H and O–H groups in total. The van der Waals surface area contributed by atoms with E-state index in [1.54, 1.807) is 0 Å². The maximum absolute atomic E-state index is 5.80. The summed E-state index contributed by atoms with van der Waals surface area (Å²) >= 11 is 0. The second kappa shape index (κ2) is 8.85. The van der Waals surface area contributed by atoms with Crippen LogP contribution in [0.25, 0.3) is 0 Å². The van der Waals surface area contributed by atoms with Crippen molar-refractivity contribution in [2.75, 3.05) is 19.8 Å². The molecule has 0 heterocycles. The van der Waals surface area contributed by atoms with Crippen LogP contribution in [0, 0.1) is 11.8 Å². The minimum atomic E-state index is 0.511. The second-order valence-corrected chi connectivity index (χ2v) is 5.94. The van der Waals surface area contributed by atoms with E-state index >= 15 is 0 Å². The Morgan fingerprint density at radius 1 is 1.00 bits per heavy atom. The molecule has 0 aliphatic heterocycles. The van der Waals surface area contributed by atoms with Crippen LogP contribution >= 0.6 is 0 Å². The van der Waals surface area contributed by atoms with Crippen molar-refractivity contribution in [3.8, 4) is 11.5 Å². The van der Waals surface area contributed by atoms with E-state index in [2.05, 4.69) is 45.1 Å². The molecule has 0 aromatic heterocycles. The van der Waals surface area contributed by atoms with Gasteiger partial charge in [-0.15, -0.1) is 0 Å². The number of ether oxygens (including phenoxy) is 2.